The number of ether oxygens (including phenoxy) is 1. The smallest absolute Gasteiger partial charge is 0.258 e. The van der Waals surface area contributed by atoms with E-state index in [9.17, 15) is 0 Å². The van der Waals surface area contributed by atoms with E-state index in [1.807, 2.05) is 25.1 Å². The minimum Gasteiger partial charge on any atom is -0.399 e. The van der Waals surface area contributed by atoms with E-state index in [1.165, 1.54) is 6.42 Å². The van der Waals surface area contributed by atoms with Gasteiger partial charge in [-0.15, -0.1) is 0 Å². The van der Waals surface area contributed by atoms with Crippen molar-refractivity contribution >= 4 is 5.69 Å². The number of nitrogens with zero attached hydrogens (tertiary/aromatic N) is 2. The normalized spacial score (nSPS) is 17.8. The standard InChI is InChI=1S/C16H21N3O2/c1-11-10-12(17)6-7-13(11)14-18-15(19-21-14)16(20-2)8-4-3-5-9-16/h6-7,10H,3-5,8-9,17H2,1-2H3. The van der Waals surface area contributed by atoms with Crippen molar-refractivity contribution in [3.05, 3.63) is 29.6 Å². The summed E-state index contributed by atoms with van der Waals surface area (Å²) < 4.78 is 11.2. The van der Waals surface area contributed by atoms with Crippen molar-refractivity contribution in [1.82, 2.24) is 10.1 Å². The molecule has 1 aromatic carbocycles. The first-order valence-electron chi connectivity index (χ1n) is 7.40. The monoisotopic (exact) mass is 287 g/mol. The van der Waals surface area contributed by atoms with Gasteiger partial charge in [-0.2, -0.15) is 4.98 Å². The maximum absolute atomic E-state index is 5.78. The van der Waals surface area contributed by atoms with Crippen LogP contribution < -0.4 is 5.73 Å². The summed E-state index contributed by atoms with van der Waals surface area (Å²) in [5.74, 6) is 1.19. The molecule has 1 aliphatic rings. The van der Waals surface area contributed by atoms with Gasteiger partial charge in [0.15, 0.2) is 0 Å². The Kier molecular flexibility index (Phi) is 3.68. The molecule has 2 aromatic rings. The zero-order valence-corrected chi connectivity index (χ0v) is 12.6. The first-order valence-corrected chi connectivity index (χ1v) is 7.40. The Balaban J connectivity index is 1.95. The lowest BCUT2D eigenvalue weighted by Gasteiger charge is -2.32. The van der Waals surface area contributed by atoms with Crippen LogP contribution in [0.2, 0.25) is 0 Å². The van der Waals surface area contributed by atoms with Crippen molar-refractivity contribution in [3.63, 3.8) is 0 Å². The summed E-state index contributed by atoms with van der Waals surface area (Å²) >= 11 is 0. The van der Waals surface area contributed by atoms with Crippen LogP contribution in [0, 0.1) is 6.92 Å². The molecule has 1 fully saturated rings. The maximum Gasteiger partial charge on any atom is 0.258 e. The average Bonchev–Trinajstić information content (AvgIpc) is 2.98. The molecule has 1 saturated carbocycles. The van der Waals surface area contributed by atoms with Gasteiger partial charge in [0.2, 0.25) is 5.82 Å². The highest BCUT2D eigenvalue weighted by Crippen LogP contribution is 2.39. The van der Waals surface area contributed by atoms with Crippen LogP contribution in [0.1, 0.15) is 43.5 Å². The third kappa shape index (κ3) is 2.53. The lowest BCUT2D eigenvalue weighted by molar-refractivity contribution is -0.0527. The SMILES string of the molecule is COC1(c2noc(-c3ccc(N)cc3C)n2)CCCCC1. The van der Waals surface area contributed by atoms with Crippen molar-refractivity contribution in [2.24, 2.45) is 0 Å². The first-order chi connectivity index (χ1) is 10.1. The van der Waals surface area contributed by atoms with Crippen LogP contribution >= 0.6 is 0 Å². The Morgan fingerprint density at radius 3 is 2.67 bits per heavy atom. The van der Waals surface area contributed by atoms with Gasteiger partial charge >= 0.3 is 0 Å². The van der Waals surface area contributed by atoms with E-state index in [4.69, 9.17) is 15.0 Å². The molecule has 0 aliphatic heterocycles. The fourth-order valence-electron chi connectivity index (χ4n) is 3.09. The van der Waals surface area contributed by atoms with Gasteiger partial charge < -0.3 is 15.0 Å². The zero-order valence-electron chi connectivity index (χ0n) is 12.6. The Morgan fingerprint density at radius 2 is 2.00 bits per heavy atom. The van der Waals surface area contributed by atoms with Gasteiger partial charge in [-0.05, 0) is 43.5 Å². The van der Waals surface area contributed by atoms with E-state index in [-0.39, 0.29) is 5.60 Å². The molecule has 0 bridgehead atoms. The number of benzene rings is 1. The van der Waals surface area contributed by atoms with Gasteiger partial charge in [0.1, 0.15) is 5.60 Å². The van der Waals surface area contributed by atoms with Crippen molar-refractivity contribution in [2.75, 3.05) is 12.8 Å². The molecular formula is C16H21N3O2. The van der Waals surface area contributed by atoms with Crippen LogP contribution in [0.3, 0.4) is 0 Å². The number of rotatable bonds is 3. The van der Waals surface area contributed by atoms with Gasteiger partial charge in [-0.3, -0.25) is 0 Å². The summed E-state index contributed by atoms with van der Waals surface area (Å²) in [5, 5.41) is 4.18. The Labute approximate surface area is 124 Å². The summed E-state index contributed by atoms with van der Waals surface area (Å²) in [4.78, 5) is 4.59. The van der Waals surface area contributed by atoms with E-state index in [2.05, 4.69) is 10.1 Å². The summed E-state index contributed by atoms with van der Waals surface area (Å²) in [6.45, 7) is 1.99. The molecule has 3 rings (SSSR count). The quantitative estimate of drug-likeness (QED) is 0.875. The second-order valence-electron chi connectivity index (χ2n) is 5.76. The number of aryl methyl sites for hydroxylation is 1. The van der Waals surface area contributed by atoms with Crippen LogP contribution in [0.5, 0.6) is 0 Å². The minimum absolute atomic E-state index is 0.387. The Hall–Kier alpha value is -1.88. The van der Waals surface area contributed by atoms with Crippen LogP contribution in [0.25, 0.3) is 11.5 Å². The molecule has 5 nitrogen and oxygen atoms in total. The third-order valence-corrected chi connectivity index (χ3v) is 4.37. The van der Waals surface area contributed by atoms with E-state index in [0.29, 0.717) is 11.7 Å². The number of aromatic nitrogens is 2. The molecular weight excluding hydrogens is 266 g/mol. The topological polar surface area (TPSA) is 74.2 Å². The average molecular weight is 287 g/mol. The second kappa shape index (κ2) is 5.48. The number of methoxy groups -OCH3 is 1. The number of nitrogens with two attached hydrogens (primary N) is 1. The largest absolute Gasteiger partial charge is 0.399 e. The molecule has 0 unspecified atom stereocenters. The zero-order chi connectivity index (χ0) is 14.9. The molecule has 0 atom stereocenters. The molecule has 2 N–H and O–H groups in total. The predicted molar refractivity (Wildman–Crippen MR) is 80.7 cm³/mol. The van der Waals surface area contributed by atoms with Crippen LogP contribution in [0.4, 0.5) is 5.69 Å². The molecule has 112 valence electrons. The van der Waals surface area contributed by atoms with Crippen LogP contribution in [-0.4, -0.2) is 17.3 Å². The molecule has 1 aliphatic carbocycles. The second-order valence-corrected chi connectivity index (χ2v) is 5.76. The van der Waals surface area contributed by atoms with Gasteiger partial charge in [-0.25, -0.2) is 0 Å². The van der Waals surface area contributed by atoms with E-state index in [1.54, 1.807) is 7.11 Å². The summed E-state index contributed by atoms with van der Waals surface area (Å²) in [5.41, 5.74) is 8.08. The van der Waals surface area contributed by atoms with Crippen molar-refractivity contribution < 1.29 is 9.26 Å². The summed E-state index contributed by atoms with van der Waals surface area (Å²) in [6, 6.07) is 5.67. The van der Waals surface area contributed by atoms with Gasteiger partial charge in [0.25, 0.3) is 5.89 Å². The Bertz CT molecular complexity index is 630. The van der Waals surface area contributed by atoms with Crippen molar-refractivity contribution in [2.45, 2.75) is 44.6 Å². The van der Waals surface area contributed by atoms with Crippen molar-refractivity contribution in [1.29, 1.82) is 0 Å². The molecule has 1 aromatic heterocycles. The molecule has 0 spiro atoms. The minimum atomic E-state index is -0.387. The Morgan fingerprint density at radius 1 is 1.24 bits per heavy atom. The van der Waals surface area contributed by atoms with Crippen LogP contribution in [0.15, 0.2) is 22.7 Å². The maximum atomic E-state index is 5.78. The van der Waals surface area contributed by atoms with E-state index < -0.39 is 0 Å². The highest BCUT2D eigenvalue weighted by atomic mass is 16.5. The molecule has 5 heteroatoms. The van der Waals surface area contributed by atoms with E-state index >= 15 is 0 Å². The number of nitrogen functional groups attached to an aromatic ring is 1. The predicted octanol–water partition coefficient (Wildman–Crippen LogP) is 3.43. The van der Waals surface area contributed by atoms with Gasteiger partial charge in [0.05, 0.1) is 0 Å². The fourth-order valence-corrected chi connectivity index (χ4v) is 3.09. The van der Waals surface area contributed by atoms with Crippen molar-refractivity contribution in [3.8, 4) is 11.5 Å². The van der Waals surface area contributed by atoms with Gasteiger partial charge in [-0.1, -0.05) is 24.4 Å². The number of hydrogen-bond donors (Lipinski definition) is 1. The summed E-state index contributed by atoms with van der Waals surface area (Å²) in [7, 11) is 1.73. The first kappa shape index (κ1) is 14.1. The highest BCUT2D eigenvalue weighted by Gasteiger charge is 2.38. The lowest BCUT2D eigenvalue weighted by atomic mass is 9.84. The fraction of sp³-hybridized carbons (Fsp3) is 0.500. The molecule has 0 amide bonds. The van der Waals surface area contributed by atoms with Crippen LogP contribution in [-0.2, 0) is 10.3 Å². The third-order valence-electron chi connectivity index (χ3n) is 4.37. The molecule has 0 saturated heterocycles. The summed E-state index contributed by atoms with van der Waals surface area (Å²) in [6.07, 6.45) is 5.41. The lowest BCUT2D eigenvalue weighted by Crippen LogP contribution is -2.32. The molecule has 0 radical (unpaired) electrons. The molecule has 21 heavy (non-hydrogen) atoms. The van der Waals surface area contributed by atoms with E-state index in [0.717, 1.165) is 42.5 Å². The molecule has 1 heterocycles. The van der Waals surface area contributed by atoms with Gasteiger partial charge in [0, 0.05) is 18.4 Å². The number of anilines is 1. The highest BCUT2D eigenvalue weighted by molar-refractivity contribution is 5.62. The number of hydrogen-bond acceptors (Lipinski definition) is 5.